The molecule has 0 unspecified atom stereocenters. The summed E-state index contributed by atoms with van der Waals surface area (Å²) in [6.45, 7) is 2.18. The first-order valence-corrected chi connectivity index (χ1v) is 16.3. The number of fused-ring (bicyclic) bond motifs is 9. The summed E-state index contributed by atoms with van der Waals surface area (Å²) in [6.07, 6.45) is 0. The summed E-state index contributed by atoms with van der Waals surface area (Å²) in [4.78, 5) is 2.37. The Hall–Kier alpha value is -6.12. The lowest BCUT2D eigenvalue weighted by Crippen LogP contribution is -2.11. The van der Waals surface area contributed by atoms with Crippen molar-refractivity contribution in [3.63, 3.8) is 0 Å². The Morgan fingerprint density at radius 3 is 1.60 bits per heavy atom. The van der Waals surface area contributed by atoms with Gasteiger partial charge in [0.05, 0.1) is 11.0 Å². The van der Waals surface area contributed by atoms with Crippen molar-refractivity contribution in [1.82, 2.24) is 4.57 Å². The molecule has 1 aromatic heterocycles. The molecule has 0 saturated heterocycles. The molecule has 8 aromatic carbocycles. The highest BCUT2D eigenvalue weighted by molar-refractivity contribution is 6.13. The fourth-order valence-electron chi connectivity index (χ4n) is 7.70. The van der Waals surface area contributed by atoms with Crippen molar-refractivity contribution in [1.29, 1.82) is 0 Å². The van der Waals surface area contributed by atoms with Crippen LogP contribution in [0.25, 0.3) is 71.3 Å². The van der Waals surface area contributed by atoms with E-state index in [0.29, 0.717) is 0 Å². The van der Waals surface area contributed by atoms with E-state index >= 15 is 0 Å². The van der Waals surface area contributed by atoms with Crippen LogP contribution in [-0.2, 0) is 0 Å². The van der Waals surface area contributed by atoms with Gasteiger partial charge < -0.3 is 9.47 Å². The molecule has 0 amide bonds. The topological polar surface area (TPSA) is 8.17 Å². The van der Waals surface area contributed by atoms with Crippen molar-refractivity contribution in [3.05, 3.63) is 169 Å². The van der Waals surface area contributed by atoms with E-state index in [1.54, 1.807) is 0 Å². The normalized spacial score (nSPS) is 11.9. The maximum absolute atomic E-state index is 2.40. The van der Waals surface area contributed by atoms with Crippen LogP contribution < -0.4 is 4.90 Å². The molecular formula is C45H30N2. The number of para-hydroxylation sites is 4. The highest BCUT2D eigenvalue weighted by Gasteiger charge is 2.24. The molecule has 47 heavy (non-hydrogen) atoms. The van der Waals surface area contributed by atoms with Gasteiger partial charge in [-0.3, -0.25) is 0 Å². The van der Waals surface area contributed by atoms with Gasteiger partial charge in [0, 0.05) is 33.5 Å². The Labute approximate surface area is 273 Å². The van der Waals surface area contributed by atoms with Gasteiger partial charge in [0.25, 0.3) is 0 Å². The number of hydrogen-bond acceptors (Lipinski definition) is 1. The number of anilines is 3. The van der Waals surface area contributed by atoms with E-state index < -0.39 is 0 Å². The number of hydrogen-bond donors (Lipinski definition) is 0. The lowest BCUT2D eigenvalue weighted by molar-refractivity contribution is 1.19. The number of rotatable bonds is 4. The van der Waals surface area contributed by atoms with E-state index in [0.717, 1.165) is 11.4 Å². The molecule has 220 valence electrons. The zero-order valence-corrected chi connectivity index (χ0v) is 26.0. The third-order valence-electron chi connectivity index (χ3n) is 9.97. The predicted molar refractivity (Wildman–Crippen MR) is 200 cm³/mol. The fraction of sp³-hybridized carbons (Fsp3) is 0.0222. The third-order valence-corrected chi connectivity index (χ3v) is 9.97. The summed E-state index contributed by atoms with van der Waals surface area (Å²) < 4.78 is 2.40. The second-order valence-electron chi connectivity index (χ2n) is 12.7. The van der Waals surface area contributed by atoms with Crippen molar-refractivity contribution in [2.24, 2.45) is 0 Å². The van der Waals surface area contributed by atoms with Gasteiger partial charge in [0.2, 0.25) is 0 Å². The Morgan fingerprint density at radius 2 is 0.936 bits per heavy atom. The van der Waals surface area contributed by atoms with Crippen molar-refractivity contribution in [3.8, 4) is 27.9 Å². The molecule has 0 N–H and O–H groups in total. The van der Waals surface area contributed by atoms with E-state index in [1.165, 1.54) is 82.5 Å². The predicted octanol–water partition coefficient (Wildman–Crippen LogP) is 12.5. The van der Waals surface area contributed by atoms with Gasteiger partial charge in [-0.05, 0) is 135 Å². The maximum atomic E-state index is 2.40. The average Bonchev–Trinajstić information content (AvgIpc) is 3.46. The fourth-order valence-corrected chi connectivity index (χ4v) is 7.70. The largest absolute Gasteiger partial charge is 0.310 e. The molecule has 0 saturated carbocycles. The Morgan fingerprint density at radius 1 is 0.404 bits per heavy atom. The molecular weight excluding hydrogens is 569 g/mol. The van der Waals surface area contributed by atoms with Crippen molar-refractivity contribution >= 4 is 60.4 Å². The van der Waals surface area contributed by atoms with Crippen LogP contribution in [0.3, 0.4) is 0 Å². The van der Waals surface area contributed by atoms with Crippen LogP contribution in [-0.4, -0.2) is 4.57 Å². The van der Waals surface area contributed by atoms with E-state index in [2.05, 4.69) is 180 Å². The third kappa shape index (κ3) is 3.92. The summed E-state index contributed by atoms with van der Waals surface area (Å²) in [5, 5.41) is 7.62. The molecule has 1 heterocycles. The summed E-state index contributed by atoms with van der Waals surface area (Å²) in [5.74, 6) is 0. The number of nitrogens with zero attached hydrogens (tertiary/aromatic N) is 2. The molecule has 0 atom stereocenters. The minimum atomic E-state index is 1.15. The van der Waals surface area contributed by atoms with Gasteiger partial charge in [-0.1, -0.05) is 84.9 Å². The second kappa shape index (κ2) is 9.94. The second-order valence-corrected chi connectivity index (χ2v) is 12.7. The van der Waals surface area contributed by atoms with E-state index in [9.17, 15) is 0 Å². The van der Waals surface area contributed by atoms with Crippen LogP contribution in [0.1, 0.15) is 5.56 Å². The molecule has 1 aliphatic carbocycles. The van der Waals surface area contributed by atoms with Crippen molar-refractivity contribution in [2.75, 3.05) is 4.90 Å². The Kier molecular flexibility index (Phi) is 5.53. The average molecular weight is 599 g/mol. The van der Waals surface area contributed by atoms with E-state index in [-0.39, 0.29) is 0 Å². The molecule has 0 fully saturated rings. The molecule has 0 radical (unpaired) electrons. The molecule has 1 aliphatic rings. The van der Waals surface area contributed by atoms with Crippen LogP contribution in [0.5, 0.6) is 0 Å². The number of aromatic nitrogens is 1. The Bertz CT molecular complexity index is 2640. The summed E-state index contributed by atoms with van der Waals surface area (Å²) in [7, 11) is 0. The number of benzene rings is 8. The van der Waals surface area contributed by atoms with Crippen LogP contribution in [0.4, 0.5) is 17.1 Å². The lowest BCUT2D eigenvalue weighted by Gasteiger charge is -2.28. The molecule has 0 spiro atoms. The Balaban J connectivity index is 1.08. The summed E-state index contributed by atoms with van der Waals surface area (Å²) in [5.41, 5.74) is 13.8. The highest BCUT2D eigenvalue weighted by atomic mass is 15.1. The van der Waals surface area contributed by atoms with Gasteiger partial charge in [0.15, 0.2) is 0 Å². The minimum absolute atomic E-state index is 1.15. The minimum Gasteiger partial charge on any atom is -0.310 e. The van der Waals surface area contributed by atoms with Gasteiger partial charge in [-0.15, -0.1) is 0 Å². The smallest absolute Gasteiger partial charge is 0.0541 e. The molecule has 9 aromatic rings. The van der Waals surface area contributed by atoms with Gasteiger partial charge in [-0.2, -0.15) is 0 Å². The molecule has 0 bridgehead atoms. The first-order valence-electron chi connectivity index (χ1n) is 16.3. The van der Waals surface area contributed by atoms with Crippen molar-refractivity contribution in [2.45, 2.75) is 6.92 Å². The van der Waals surface area contributed by atoms with Crippen LogP contribution >= 0.6 is 0 Å². The maximum Gasteiger partial charge on any atom is 0.0541 e. The quantitative estimate of drug-likeness (QED) is 0.196. The van der Waals surface area contributed by atoms with Crippen LogP contribution in [0.15, 0.2) is 164 Å². The lowest BCUT2D eigenvalue weighted by atomic mass is 9.78. The molecule has 2 nitrogen and oxygen atoms in total. The first kappa shape index (κ1) is 26.1. The summed E-state index contributed by atoms with van der Waals surface area (Å²) >= 11 is 0. The number of aryl methyl sites for hydroxylation is 1. The first-order chi connectivity index (χ1) is 23.2. The van der Waals surface area contributed by atoms with Crippen LogP contribution in [0, 0.1) is 6.92 Å². The summed E-state index contributed by atoms with van der Waals surface area (Å²) in [6, 6.07) is 60.0. The highest BCUT2D eigenvalue weighted by Crippen LogP contribution is 2.51. The van der Waals surface area contributed by atoms with Crippen LogP contribution in [0.2, 0.25) is 0 Å². The SMILES string of the molecule is Cc1ccccc1N(c1ccccc1)c1ccc2cc3c(cc2c1)-c1cc2ccc(-n4c5ccccc5c5ccccc54)cc2cc1-3. The zero-order valence-electron chi connectivity index (χ0n) is 26.0. The monoisotopic (exact) mass is 598 g/mol. The van der Waals surface area contributed by atoms with E-state index in [4.69, 9.17) is 0 Å². The van der Waals surface area contributed by atoms with Gasteiger partial charge in [0.1, 0.15) is 0 Å². The van der Waals surface area contributed by atoms with Gasteiger partial charge in [-0.25, -0.2) is 0 Å². The van der Waals surface area contributed by atoms with Gasteiger partial charge >= 0.3 is 0 Å². The zero-order chi connectivity index (χ0) is 31.1. The van der Waals surface area contributed by atoms with E-state index in [1.807, 2.05) is 0 Å². The standard InChI is InChI=1S/C45H30N2/c1-29-11-5-8-16-43(29)46(34-12-3-2-4-13-34)35-21-19-30-25-39-41(27-32(30)23-35)40-26-31-20-22-36(24-33(31)28-42(39)40)47-44-17-9-6-14-37(44)38-15-7-10-18-45(38)47/h2-28H,1H3. The van der Waals surface area contributed by atoms with Crippen molar-refractivity contribution < 1.29 is 0 Å². The molecule has 0 aliphatic heterocycles. The molecule has 10 rings (SSSR count). The molecule has 2 heteroatoms.